The van der Waals surface area contributed by atoms with Crippen LogP contribution in [0.3, 0.4) is 0 Å². The Balaban J connectivity index is 2.32. The van der Waals surface area contributed by atoms with Gasteiger partial charge in [0.2, 0.25) is 0 Å². The fourth-order valence-electron chi connectivity index (χ4n) is 3.51. The first-order valence-corrected chi connectivity index (χ1v) is 14.2. The predicted octanol–water partition coefficient (Wildman–Crippen LogP) is 8.14. The van der Waals surface area contributed by atoms with Crippen LogP contribution in [0.5, 0.6) is 11.5 Å². The summed E-state index contributed by atoms with van der Waals surface area (Å²) in [4.78, 5) is 0. The summed E-state index contributed by atoms with van der Waals surface area (Å²) in [6.45, 7) is 8.72. The van der Waals surface area contributed by atoms with Gasteiger partial charge in [-0.15, -0.1) is 0 Å². The molecule has 0 aromatic heterocycles. The highest BCUT2D eigenvalue weighted by molar-refractivity contribution is 9.11. The highest BCUT2D eigenvalue weighted by Gasteiger charge is 2.28. The second-order valence-corrected chi connectivity index (χ2v) is 12.2. The first-order chi connectivity index (χ1) is 15.5. The lowest BCUT2D eigenvalue weighted by atomic mass is 9.78. The molecule has 0 saturated carbocycles. The summed E-state index contributed by atoms with van der Waals surface area (Å²) in [5.41, 5.74) is 1.96. The highest BCUT2D eigenvalue weighted by atomic mass is 79.9. The van der Waals surface area contributed by atoms with Crippen LogP contribution in [0.1, 0.15) is 64.5 Å². The van der Waals surface area contributed by atoms with Crippen LogP contribution in [0.2, 0.25) is 0 Å². The highest BCUT2D eigenvalue weighted by Crippen LogP contribution is 2.44. The molecule has 2 aromatic rings. The Morgan fingerprint density at radius 1 is 0.697 bits per heavy atom. The number of benzene rings is 2. The quantitative estimate of drug-likeness (QED) is 0.233. The van der Waals surface area contributed by atoms with Gasteiger partial charge >= 0.3 is 0 Å². The molecule has 0 aliphatic heterocycles. The number of aliphatic hydroxyl groups excluding tert-OH is 2. The van der Waals surface area contributed by atoms with E-state index in [0.29, 0.717) is 12.8 Å². The molecule has 2 aromatic carbocycles. The number of rotatable bonds is 12. The minimum atomic E-state index is -0.294. The standard InChI is InChI=1S/C25H32Br4O4/c1-15(7-5-9-30)32-23-19(26)11-17(12-20(23)27)25(3,4)18-13-21(28)24(22(29)14-18)33-16(2)8-6-10-31/h11-16,30-31H,5-10H2,1-4H3. The van der Waals surface area contributed by atoms with E-state index in [4.69, 9.17) is 19.7 Å². The monoisotopic (exact) mass is 712 g/mol. The van der Waals surface area contributed by atoms with Crippen LogP contribution in [0.15, 0.2) is 42.2 Å². The molecule has 2 N–H and O–H groups in total. The number of halogens is 4. The van der Waals surface area contributed by atoms with Crippen LogP contribution in [0, 0.1) is 0 Å². The van der Waals surface area contributed by atoms with Gasteiger partial charge in [0, 0.05) is 18.6 Å². The number of hydrogen-bond donors (Lipinski definition) is 2. The fourth-order valence-corrected chi connectivity index (χ4v) is 6.26. The van der Waals surface area contributed by atoms with Gasteiger partial charge in [0.1, 0.15) is 11.5 Å². The lowest BCUT2D eigenvalue weighted by Gasteiger charge is -2.29. The summed E-state index contributed by atoms with van der Waals surface area (Å²) in [6, 6.07) is 8.40. The van der Waals surface area contributed by atoms with Crippen molar-refractivity contribution < 1.29 is 19.7 Å². The van der Waals surface area contributed by atoms with Crippen molar-refractivity contribution in [3.8, 4) is 11.5 Å². The molecule has 0 saturated heterocycles. The van der Waals surface area contributed by atoms with Crippen LogP contribution in [0.4, 0.5) is 0 Å². The summed E-state index contributed by atoms with van der Waals surface area (Å²) in [7, 11) is 0. The molecule has 8 heteroatoms. The van der Waals surface area contributed by atoms with E-state index in [1.807, 2.05) is 13.8 Å². The molecule has 2 atom stereocenters. The third kappa shape index (κ3) is 7.94. The largest absolute Gasteiger partial charge is 0.488 e. The zero-order valence-electron chi connectivity index (χ0n) is 19.4. The van der Waals surface area contributed by atoms with Gasteiger partial charge in [-0.25, -0.2) is 0 Å². The Hall–Kier alpha value is -0.120. The van der Waals surface area contributed by atoms with Gasteiger partial charge in [0.15, 0.2) is 0 Å². The zero-order valence-corrected chi connectivity index (χ0v) is 25.8. The van der Waals surface area contributed by atoms with Crippen LogP contribution in [-0.2, 0) is 5.41 Å². The topological polar surface area (TPSA) is 58.9 Å². The number of hydrogen-bond acceptors (Lipinski definition) is 4. The molecule has 0 radical (unpaired) electrons. The maximum absolute atomic E-state index is 9.06. The molecule has 0 bridgehead atoms. The Labute approximate surface area is 231 Å². The van der Waals surface area contributed by atoms with E-state index in [1.54, 1.807) is 0 Å². The molecule has 0 spiro atoms. The molecule has 0 fully saturated rings. The molecule has 33 heavy (non-hydrogen) atoms. The fraction of sp³-hybridized carbons (Fsp3) is 0.520. The predicted molar refractivity (Wildman–Crippen MR) is 149 cm³/mol. The Morgan fingerprint density at radius 3 is 1.27 bits per heavy atom. The molecule has 2 unspecified atom stereocenters. The Morgan fingerprint density at radius 2 is 1.00 bits per heavy atom. The normalized spacial score (nSPS) is 13.6. The van der Waals surface area contributed by atoms with Gasteiger partial charge < -0.3 is 19.7 Å². The molecular formula is C25H32Br4O4. The number of ether oxygens (including phenoxy) is 2. The smallest absolute Gasteiger partial charge is 0.148 e. The van der Waals surface area contributed by atoms with E-state index in [2.05, 4.69) is 102 Å². The molecule has 2 rings (SSSR count). The van der Waals surface area contributed by atoms with Gasteiger partial charge in [0.25, 0.3) is 0 Å². The SMILES string of the molecule is CC(CCCO)Oc1c(Br)cc(C(C)(C)c2cc(Br)c(OC(C)CCCO)c(Br)c2)cc1Br. The van der Waals surface area contributed by atoms with Crippen molar-refractivity contribution in [3.05, 3.63) is 53.3 Å². The van der Waals surface area contributed by atoms with Gasteiger partial charge in [-0.05, 0) is 139 Å². The van der Waals surface area contributed by atoms with Gasteiger partial charge in [-0.1, -0.05) is 13.8 Å². The summed E-state index contributed by atoms with van der Waals surface area (Å²) in [5, 5.41) is 18.1. The molecule has 4 nitrogen and oxygen atoms in total. The van der Waals surface area contributed by atoms with Crippen molar-refractivity contribution in [3.63, 3.8) is 0 Å². The average molecular weight is 716 g/mol. The second-order valence-electron chi connectivity index (χ2n) is 8.75. The summed E-state index contributed by atoms with van der Waals surface area (Å²) in [5.74, 6) is 1.53. The maximum atomic E-state index is 9.06. The maximum Gasteiger partial charge on any atom is 0.148 e. The minimum Gasteiger partial charge on any atom is -0.488 e. The minimum absolute atomic E-state index is 0.00263. The summed E-state index contributed by atoms with van der Waals surface area (Å²) >= 11 is 14.7. The summed E-state index contributed by atoms with van der Waals surface area (Å²) < 4.78 is 15.8. The lowest BCUT2D eigenvalue weighted by Crippen LogP contribution is -2.20. The van der Waals surface area contributed by atoms with Gasteiger partial charge in [0.05, 0.1) is 30.1 Å². The van der Waals surface area contributed by atoms with E-state index in [0.717, 1.165) is 53.4 Å². The van der Waals surface area contributed by atoms with Crippen LogP contribution in [-0.4, -0.2) is 35.6 Å². The van der Waals surface area contributed by atoms with Gasteiger partial charge in [-0.2, -0.15) is 0 Å². The van der Waals surface area contributed by atoms with Crippen molar-refractivity contribution in [1.29, 1.82) is 0 Å². The molecule has 0 heterocycles. The Bertz CT molecular complexity index is 813. The van der Waals surface area contributed by atoms with Crippen molar-refractivity contribution >= 4 is 63.7 Å². The molecular weight excluding hydrogens is 684 g/mol. The van der Waals surface area contributed by atoms with Gasteiger partial charge in [-0.3, -0.25) is 0 Å². The van der Waals surface area contributed by atoms with E-state index in [9.17, 15) is 0 Å². The third-order valence-electron chi connectivity index (χ3n) is 5.62. The van der Waals surface area contributed by atoms with E-state index in [-0.39, 0.29) is 30.8 Å². The van der Waals surface area contributed by atoms with E-state index in [1.165, 1.54) is 0 Å². The Kier molecular flexibility index (Phi) is 11.7. The van der Waals surface area contributed by atoms with Crippen molar-refractivity contribution in [2.45, 2.75) is 71.0 Å². The van der Waals surface area contributed by atoms with E-state index >= 15 is 0 Å². The second kappa shape index (κ2) is 13.3. The van der Waals surface area contributed by atoms with Crippen molar-refractivity contribution in [2.75, 3.05) is 13.2 Å². The van der Waals surface area contributed by atoms with Crippen LogP contribution >= 0.6 is 63.7 Å². The average Bonchev–Trinajstić information content (AvgIpc) is 2.75. The lowest BCUT2D eigenvalue weighted by molar-refractivity contribution is 0.187. The molecule has 0 aliphatic carbocycles. The number of aliphatic hydroxyl groups is 2. The molecule has 0 amide bonds. The third-order valence-corrected chi connectivity index (χ3v) is 7.97. The zero-order chi connectivity index (χ0) is 24.8. The molecule has 0 aliphatic rings. The van der Waals surface area contributed by atoms with Crippen LogP contribution < -0.4 is 9.47 Å². The first kappa shape index (κ1) is 29.1. The van der Waals surface area contributed by atoms with Crippen molar-refractivity contribution in [2.24, 2.45) is 0 Å². The first-order valence-electron chi connectivity index (χ1n) is 11.0. The molecule has 184 valence electrons. The van der Waals surface area contributed by atoms with Crippen LogP contribution in [0.25, 0.3) is 0 Å². The summed E-state index contributed by atoms with van der Waals surface area (Å²) in [6.07, 6.45) is 3.01. The van der Waals surface area contributed by atoms with E-state index < -0.39 is 0 Å². The van der Waals surface area contributed by atoms with Crippen molar-refractivity contribution in [1.82, 2.24) is 0 Å².